The number of phenols is 1. The van der Waals surface area contributed by atoms with E-state index in [1.165, 1.54) is 0 Å². The van der Waals surface area contributed by atoms with Crippen molar-refractivity contribution in [3.63, 3.8) is 0 Å². The number of fused-ring (bicyclic) bond motifs is 1. The summed E-state index contributed by atoms with van der Waals surface area (Å²) in [5.74, 6) is 0.247. The van der Waals surface area contributed by atoms with E-state index in [-0.39, 0.29) is 42.6 Å². The smallest absolute Gasteiger partial charge is 0.369 e. The Morgan fingerprint density at radius 2 is 1.26 bits per heavy atom. The Labute approximate surface area is 237 Å². The van der Waals surface area contributed by atoms with E-state index < -0.39 is 15.2 Å². The molecule has 0 radical (unpaired) electrons. The van der Waals surface area contributed by atoms with E-state index in [1.54, 1.807) is 18.2 Å². The number of rotatable bonds is 19. The van der Waals surface area contributed by atoms with Gasteiger partial charge in [-0.05, 0) is 73.6 Å². The zero-order valence-electron chi connectivity index (χ0n) is 25.1. The van der Waals surface area contributed by atoms with Crippen LogP contribution in [-0.4, -0.2) is 31.5 Å². The van der Waals surface area contributed by atoms with Crippen molar-refractivity contribution in [2.75, 3.05) is 26.4 Å². The molecule has 0 atom stereocenters. The summed E-state index contributed by atoms with van der Waals surface area (Å²) in [6.07, 6.45) is 10.5. The van der Waals surface area contributed by atoms with E-state index in [2.05, 4.69) is 13.8 Å². The Balaban J connectivity index is 2.78. The Kier molecular flexibility index (Phi) is 14.5. The lowest BCUT2D eigenvalue weighted by Crippen LogP contribution is -2.24. The average Bonchev–Trinajstić information content (AvgIpc) is 2.88. The maximum absolute atomic E-state index is 14.6. The second-order valence-corrected chi connectivity index (χ2v) is 15.3. The van der Waals surface area contributed by atoms with Crippen LogP contribution in [0.15, 0.2) is 17.2 Å². The molecule has 9 heteroatoms. The maximum Gasteiger partial charge on any atom is 0.369 e. The molecular formula is C30H52O7P2. The first kappa shape index (κ1) is 34.3. The first-order valence-electron chi connectivity index (χ1n) is 14.9. The lowest BCUT2D eigenvalue weighted by atomic mass is 9.71. The third-order valence-electron chi connectivity index (χ3n) is 7.11. The summed E-state index contributed by atoms with van der Waals surface area (Å²) >= 11 is 0. The van der Waals surface area contributed by atoms with Gasteiger partial charge in [-0.15, -0.1) is 0 Å². The number of hydrogen-bond donors (Lipinski definition) is 1. The normalized spacial score (nSPS) is 15.2. The van der Waals surface area contributed by atoms with Crippen LogP contribution in [0.5, 0.6) is 5.75 Å². The lowest BCUT2D eigenvalue weighted by Gasteiger charge is -2.34. The summed E-state index contributed by atoms with van der Waals surface area (Å²) in [7, 11) is -8.14. The standard InChI is InChI=1S/C30H52O7P2/c1-7-11-20-34-38(32,35-21-12-8-2)28(39(33,36-22-13-9-3)37-23-14-10-4)24-25-17-18-27(31)29-26(25)16-15-19-30(29,5)6/h17-18,24,31H,7-16,19-23H2,1-6H3. The van der Waals surface area contributed by atoms with E-state index in [4.69, 9.17) is 18.1 Å². The summed E-state index contributed by atoms with van der Waals surface area (Å²) < 4.78 is 53.3. The van der Waals surface area contributed by atoms with Gasteiger partial charge in [-0.3, -0.25) is 9.13 Å². The van der Waals surface area contributed by atoms with Crippen molar-refractivity contribution in [3.8, 4) is 5.75 Å². The third kappa shape index (κ3) is 9.55. The van der Waals surface area contributed by atoms with E-state index in [1.807, 2.05) is 27.7 Å². The second-order valence-electron chi connectivity index (χ2n) is 11.0. The lowest BCUT2D eigenvalue weighted by molar-refractivity contribution is 0.194. The van der Waals surface area contributed by atoms with Crippen LogP contribution in [0.1, 0.15) is 122 Å². The molecule has 0 unspecified atom stereocenters. The average molecular weight is 587 g/mol. The first-order chi connectivity index (χ1) is 18.6. The van der Waals surface area contributed by atoms with Crippen LogP contribution in [-0.2, 0) is 39.1 Å². The van der Waals surface area contributed by atoms with Crippen LogP contribution in [0.3, 0.4) is 0 Å². The van der Waals surface area contributed by atoms with Gasteiger partial charge >= 0.3 is 15.2 Å². The van der Waals surface area contributed by atoms with Crippen molar-refractivity contribution >= 4 is 21.3 Å². The fourth-order valence-corrected chi connectivity index (χ4v) is 9.39. The molecule has 0 spiro atoms. The molecular weight excluding hydrogens is 534 g/mol. The zero-order valence-corrected chi connectivity index (χ0v) is 26.9. The van der Waals surface area contributed by atoms with Gasteiger partial charge in [0.1, 0.15) is 5.75 Å². The number of phenolic OH excluding ortho intramolecular Hbond substituents is 1. The number of unbranched alkanes of at least 4 members (excludes halogenated alkanes) is 4. The highest BCUT2D eigenvalue weighted by atomic mass is 31.2. The number of benzene rings is 1. The Morgan fingerprint density at radius 1 is 0.821 bits per heavy atom. The van der Waals surface area contributed by atoms with Crippen molar-refractivity contribution in [1.82, 2.24) is 0 Å². The molecule has 224 valence electrons. The minimum atomic E-state index is -4.07. The second kappa shape index (κ2) is 16.5. The fraction of sp³-hybridized carbons (Fsp3) is 0.733. The van der Waals surface area contributed by atoms with Gasteiger partial charge < -0.3 is 23.2 Å². The highest BCUT2D eigenvalue weighted by Gasteiger charge is 2.46. The van der Waals surface area contributed by atoms with Gasteiger partial charge in [-0.2, -0.15) is 0 Å². The van der Waals surface area contributed by atoms with Gasteiger partial charge in [0, 0.05) is 5.56 Å². The van der Waals surface area contributed by atoms with Crippen LogP contribution in [0.4, 0.5) is 0 Å². The molecule has 1 aliphatic carbocycles. The van der Waals surface area contributed by atoms with Crippen LogP contribution in [0.2, 0.25) is 0 Å². The molecule has 1 N–H and O–H groups in total. The summed E-state index contributed by atoms with van der Waals surface area (Å²) in [5.41, 5.74) is 2.36. The fourth-order valence-electron chi connectivity index (χ4n) is 4.75. The predicted octanol–water partition coefficient (Wildman–Crippen LogP) is 9.96. The Bertz CT molecular complexity index is 951. The molecule has 0 saturated heterocycles. The van der Waals surface area contributed by atoms with E-state index in [0.717, 1.165) is 61.6 Å². The Morgan fingerprint density at radius 3 is 1.67 bits per heavy atom. The summed E-state index contributed by atoms with van der Waals surface area (Å²) in [4.78, 5) is 0. The van der Waals surface area contributed by atoms with Crippen LogP contribution in [0.25, 0.3) is 6.08 Å². The summed E-state index contributed by atoms with van der Waals surface area (Å²) in [5, 5.41) is 10.8. The van der Waals surface area contributed by atoms with Gasteiger partial charge in [0.05, 0.1) is 26.4 Å². The molecule has 0 saturated carbocycles. The van der Waals surface area contributed by atoms with Crippen molar-refractivity contribution in [3.05, 3.63) is 33.9 Å². The van der Waals surface area contributed by atoms with Gasteiger partial charge in [-0.1, -0.05) is 73.3 Å². The van der Waals surface area contributed by atoms with Gasteiger partial charge in [-0.25, -0.2) is 0 Å². The molecule has 39 heavy (non-hydrogen) atoms. The van der Waals surface area contributed by atoms with E-state index >= 15 is 0 Å². The van der Waals surface area contributed by atoms with Crippen molar-refractivity contribution in [2.45, 2.75) is 118 Å². The van der Waals surface area contributed by atoms with Crippen LogP contribution >= 0.6 is 15.2 Å². The van der Waals surface area contributed by atoms with Crippen LogP contribution in [0, 0.1) is 0 Å². The minimum Gasteiger partial charge on any atom is -0.508 e. The molecule has 7 nitrogen and oxygen atoms in total. The van der Waals surface area contributed by atoms with E-state index in [9.17, 15) is 14.2 Å². The van der Waals surface area contributed by atoms with Gasteiger partial charge in [0.2, 0.25) is 0 Å². The van der Waals surface area contributed by atoms with Gasteiger partial charge in [0.15, 0.2) is 5.06 Å². The van der Waals surface area contributed by atoms with Crippen LogP contribution < -0.4 is 0 Å². The maximum atomic E-state index is 14.6. The number of aromatic hydroxyl groups is 1. The van der Waals surface area contributed by atoms with Gasteiger partial charge in [0.25, 0.3) is 0 Å². The first-order valence-corrected chi connectivity index (χ1v) is 18.0. The number of hydrogen-bond acceptors (Lipinski definition) is 7. The largest absolute Gasteiger partial charge is 0.508 e. The molecule has 2 rings (SSSR count). The van der Waals surface area contributed by atoms with Crippen molar-refractivity contribution < 1.29 is 32.3 Å². The molecule has 0 aromatic heterocycles. The molecule has 0 bridgehead atoms. The highest BCUT2D eigenvalue weighted by Crippen LogP contribution is 2.74. The summed E-state index contributed by atoms with van der Waals surface area (Å²) in [6.45, 7) is 13.2. The Hall–Kier alpha value is -0.940. The third-order valence-corrected chi connectivity index (χ3v) is 12.1. The SMILES string of the molecule is CCCCOP(=O)(OCCCC)C(=Cc1ccc(O)c2c1CCCC2(C)C)P(=O)(OCCCC)OCCCC. The summed E-state index contributed by atoms with van der Waals surface area (Å²) in [6, 6.07) is 3.46. The quantitative estimate of drug-likeness (QED) is 0.127. The molecule has 0 amide bonds. The molecule has 1 aromatic carbocycles. The van der Waals surface area contributed by atoms with Crippen molar-refractivity contribution in [1.29, 1.82) is 0 Å². The molecule has 0 aliphatic heterocycles. The molecule has 1 aliphatic rings. The van der Waals surface area contributed by atoms with Crippen molar-refractivity contribution in [2.24, 2.45) is 0 Å². The highest BCUT2D eigenvalue weighted by molar-refractivity contribution is 7.79. The van der Waals surface area contributed by atoms with E-state index in [0.29, 0.717) is 25.7 Å². The predicted molar refractivity (Wildman–Crippen MR) is 161 cm³/mol. The molecule has 1 aromatic rings. The minimum absolute atomic E-state index is 0.0364. The molecule has 0 heterocycles. The topological polar surface area (TPSA) is 91.3 Å². The monoisotopic (exact) mass is 586 g/mol. The molecule has 0 fully saturated rings. The zero-order chi connectivity index (χ0) is 28.9.